The molecule has 1 fully saturated rings. The fraction of sp³-hybridized carbons (Fsp3) is 0.500. The van der Waals surface area contributed by atoms with E-state index in [2.05, 4.69) is 10.5 Å². The summed E-state index contributed by atoms with van der Waals surface area (Å²) in [5, 5.41) is 16.7. The molecule has 0 unspecified atom stereocenters. The van der Waals surface area contributed by atoms with Crippen molar-refractivity contribution >= 4 is 29.2 Å². The van der Waals surface area contributed by atoms with Gasteiger partial charge in [-0.1, -0.05) is 54.2 Å². The van der Waals surface area contributed by atoms with E-state index < -0.39 is 23.9 Å². The average Bonchev–Trinajstić information content (AvgIpc) is 3.00. The Morgan fingerprint density at radius 3 is 2.68 bits per heavy atom. The van der Waals surface area contributed by atoms with Crippen molar-refractivity contribution < 1.29 is 19.5 Å². The number of nitrogens with zero attached hydrogens (tertiary/aromatic N) is 1. The molecule has 0 spiro atoms. The summed E-state index contributed by atoms with van der Waals surface area (Å²) in [6, 6.07) is 7.17. The molecule has 1 aromatic rings. The number of nitrogens with one attached hydrogen (secondary N) is 1. The maximum atomic E-state index is 12.8. The second-order valence-corrected chi connectivity index (χ2v) is 7.07. The van der Waals surface area contributed by atoms with Crippen molar-refractivity contribution in [3.8, 4) is 0 Å². The molecule has 6 nitrogen and oxygen atoms in total. The smallest absolute Gasteiger partial charge is 0.308 e. The summed E-state index contributed by atoms with van der Waals surface area (Å²) >= 11 is 6.19. The lowest BCUT2D eigenvalue weighted by molar-refractivity contribution is -0.156. The Morgan fingerprint density at radius 2 is 2.00 bits per heavy atom. The lowest BCUT2D eigenvalue weighted by Gasteiger charge is -2.29. The number of halogens is 1. The standard InChI is InChI=1S/C18H21ClN2O4/c19-14-9-5-4-8-13(14)15-10-18(25-21-15,11-16(22)23)17(24)20-12-6-2-1-3-7-12/h4-5,8-9,12H,1-3,6-7,10-11H2,(H,20,24)(H,22,23)/t18-/m0/s1. The second-order valence-electron chi connectivity index (χ2n) is 6.66. The topological polar surface area (TPSA) is 88.0 Å². The van der Waals surface area contributed by atoms with Gasteiger partial charge in [0.05, 0.1) is 12.1 Å². The molecule has 0 radical (unpaired) electrons. The summed E-state index contributed by atoms with van der Waals surface area (Å²) in [5.41, 5.74) is -0.370. The van der Waals surface area contributed by atoms with Gasteiger partial charge in [-0.2, -0.15) is 0 Å². The summed E-state index contributed by atoms with van der Waals surface area (Å²) in [6.45, 7) is 0. The molecular weight excluding hydrogens is 344 g/mol. The van der Waals surface area contributed by atoms with Gasteiger partial charge in [0, 0.05) is 23.0 Å². The largest absolute Gasteiger partial charge is 0.481 e. The number of hydrogen-bond acceptors (Lipinski definition) is 4. The highest BCUT2D eigenvalue weighted by Gasteiger charge is 2.49. The van der Waals surface area contributed by atoms with Crippen molar-refractivity contribution in [2.75, 3.05) is 0 Å². The molecule has 0 aromatic heterocycles. The Bertz CT molecular complexity index is 700. The van der Waals surface area contributed by atoms with Crippen LogP contribution in [0.3, 0.4) is 0 Å². The molecule has 25 heavy (non-hydrogen) atoms. The molecule has 1 amide bonds. The molecule has 134 valence electrons. The summed E-state index contributed by atoms with van der Waals surface area (Å²) < 4.78 is 0. The molecule has 2 aliphatic rings. The fourth-order valence-corrected chi connectivity index (χ4v) is 3.67. The van der Waals surface area contributed by atoms with Crippen molar-refractivity contribution in [2.45, 2.75) is 56.6 Å². The number of carbonyl (C=O) groups excluding carboxylic acids is 1. The van der Waals surface area contributed by atoms with Crippen LogP contribution in [0, 0.1) is 0 Å². The number of carboxylic acids is 1. The van der Waals surface area contributed by atoms with Crippen LogP contribution in [0.1, 0.15) is 50.5 Å². The van der Waals surface area contributed by atoms with E-state index in [0.29, 0.717) is 16.3 Å². The number of oxime groups is 1. The lowest BCUT2D eigenvalue weighted by Crippen LogP contribution is -2.52. The molecule has 0 saturated heterocycles. The van der Waals surface area contributed by atoms with Gasteiger partial charge in [0.2, 0.25) is 5.60 Å². The molecule has 1 saturated carbocycles. The van der Waals surface area contributed by atoms with Gasteiger partial charge in [-0.05, 0) is 18.9 Å². The summed E-state index contributed by atoms with van der Waals surface area (Å²) in [4.78, 5) is 29.6. The molecule has 1 atom stereocenters. The highest BCUT2D eigenvalue weighted by atomic mass is 35.5. The first-order valence-corrected chi connectivity index (χ1v) is 8.91. The number of carboxylic acid groups (broad SMARTS) is 1. The quantitative estimate of drug-likeness (QED) is 0.840. The molecule has 1 aliphatic carbocycles. The van der Waals surface area contributed by atoms with Gasteiger partial charge in [-0.3, -0.25) is 9.59 Å². The van der Waals surface area contributed by atoms with E-state index in [9.17, 15) is 14.7 Å². The minimum atomic E-state index is -1.52. The van der Waals surface area contributed by atoms with E-state index in [4.69, 9.17) is 16.4 Å². The maximum Gasteiger partial charge on any atom is 0.308 e. The first-order valence-electron chi connectivity index (χ1n) is 8.53. The van der Waals surface area contributed by atoms with Gasteiger partial charge in [0.1, 0.15) is 0 Å². The van der Waals surface area contributed by atoms with Crippen molar-refractivity contribution in [1.29, 1.82) is 0 Å². The number of carbonyl (C=O) groups is 2. The Kier molecular flexibility index (Phi) is 5.27. The Labute approximate surface area is 151 Å². The zero-order valence-corrected chi connectivity index (χ0v) is 14.6. The van der Waals surface area contributed by atoms with E-state index >= 15 is 0 Å². The highest BCUT2D eigenvalue weighted by molar-refractivity contribution is 6.34. The number of benzene rings is 1. The summed E-state index contributed by atoms with van der Waals surface area (Å²) in [6.07, 6.45) is 4.77. The van der Waals surface area contributed by atoms with Gasteiger partial charge in [-0.15, -0.1) is 0 Å². The molecule has 1 aliphatic heterocycles. The van der Waals surface area contributed by atoms with Crippen LogP contribution in [-0.2, 0) is 14.4 Å². The van der Waals surface area contributed by atoms with Crippen molar-refractivity contribution in [1.82, 2.24) is 5.32 Å². The Morgan fingerprint density at radius 1 is 1.28 bits per heavy atom. The van der Waals surface area contributed by atoms with Crippen LogP contribution in [-0.4, -0.2) is 34.3 Å². The zero-order valence-electron chi connectivity index (χ0n) is 13.8. The van der Waals surface area contributed by atoms with Crippen LogP contribution in [0.4, 0.5) is 0 Å². The third-order valence-corrected chi connectivity index (χ3v) is 5.09. The number of amides is 1. The minimum absolute atomic E-state index is 0.0693. The lowest BCUT2D eigenvalue weighted by atomic mass is 9.88. The van der Waals surface area contributed by atoms with Gasteiger partial charge in [0.25, 0.3) is 5.91 Å². The molecule has 2 N–H and O–H groups in total. The zero-order chi connectivity index (χ0) is 17.9. The van der Waals surface area contributed by atoms with Crippen molar-refractivity contribution in [2.24, 2.45) is 5.16 Å². The minimum Gasteiger partial charge on any atom is -0.481 e. The predicted octanol–water partition coefficient (Wildman–Crippen LogP) is 3.13. The van der Waals surface area contributed by atoms with E-state index in [0.717, 1.165) is 25.7 Å². The summed E-state index contributed by atoms with van der Waals surface area (Å²) in [7, 11) is 0. The highest BCUT2D eigenvalue weighted by Crippen LogP contribution is 2.33. The number of rotatable bonds is 5. The van der Waals surface area contributed by atoms with Crippen molar-refractivity contribution in [3.05, 3.63) is 34.9 Å². The van der Waals surface area contributed by atoms with E-state index in [1.807, 2.05) is 6.07 Å². The SMILES string of the molecule is O=C(O)C[C@]1(C(=O)NC2CCCCC2)CC(c2ccccc2Cl)=NO1. The van der Waals surface area contributed by atoms with Crippen LogP contribution in [0.5, 0.6) is 0 Å². The summed E-state index contributed by atoms with van der Waals surface area (Å²) in [5.74, 6) is -1.51. The van der Waals surface area contributed by atoms with Gasteiger partial charge < -0.3 is 15.3 Å². The first-order chi connectivity index (χ1) is 12.0. The maximum absolute atomic E-state index is 12.8. The van der Waals surface area contributed by atoms with Gasteiger partial charge in [-0.25, -0.2) is 0 Å². The van der Waals surface area contributed by atoms with E-state index in [1.54, 1.807) is 18.2 Å². The molecular formula is C18H21ClN2O4. The third kappa shape index (κ3) is 3.95. The van der Waals surface area contributed by atoms with Crippen LogP contribution in [0.25, 0.3) is 0 Å². The number of hydrogen-bond donors (Lipinski definition) is 2. The van der Waals surface area contributed by atoms with Gasteiger partial charge >= 0.3 is 5.97 Å². The number of aliphatic carboxylic acids is 1. The third-order valence-electron chi connectivity index (χ3n) is 4.76. The monoisotopic (exact) mass is 364 g/mol. The molecule has 0 bridgehead atoms. The van der Waals surface area contributed by atoms with Crippen LogP contribution in [0.2, 0.25) is 5.02 Å². The van der Waals surface area contributed by atoms with Crippen molar-refractivity contribution in [3.63, 3.8) is 0 Å². The van der Waals surface area contributed by atoms with Crippen LogP contribution >= 0.6 is 11.6 Å². The predicted molar refractivity (Wildman–Crippen MR) is 93.7 cm³/mol. The Balaban J connectivity index is 1.77. The van der Waals surface area contributed by atoms with E-state index in [1.165, 1.54) is 6.42 Å². The fourth-order valence-electron chi connectivity index (χ4n) is 3.42. The normalized spacial score (nSPS) is 23.6. The molecule has 1 heterocycles. The van der Waals surface area contributed by atoms with E-state index in [-0.39, 0.29) is 12.5 Å². The van der Waals surface area contributed by atoms with Crippen LogP contribution in [0.15, 0.2) is 29.4 Å². The molecule has 1 aromatic carbocycles. The average molecular weight is 365 g/mol. The molecule has 7 heteroatoms. The Hall–Kier alpha value is -2.08. The van der Waals surface area contributed by atoms with Crippen LogP contribution < -0.4 is 5.32 Å². The first kappa shape index (κ1) is 17.7. The van der Waals surface area contributed by atoms with Gasteiger partial charge in [0.15, 0.2) is 0 Å². The second kappa shape index (κ2) is 7.44. The molecule has 3 rings (SSSR count).